The van der Waals surface area contributed by atoms with Crippen molar-refractivity contribution in [3.05, 3.63) is 23.8 Å². The summed E-state index contributed by atoms with van der Waals surface area (Å²) in [7, 11) is 0. The highest BCUT2D eigenvalue weighted by molar-refractivity contribution is 5.70. The van der Waals surface area contributed by atoms with E-state index >= 15 is 0 Å². The lowest BCUT2D eigenvalue weighted by atomic mass is 9.46. The fourth-order valence-electron chi connectivity index (χ4n) is 8.88. The number of fused-ring (bicyclic) bond motifs is 5. The molecule has 0 aromatic carbocycles. The molecule has 33 heavy (non-hydrogen) atoms. The number of carboxylic acids is 1. The Morgan fingerprint density at radius 2 is 1.82 bits per heavy atom. The van der Waals surface area contributed by atoms with Crippen LogP contribution in [0.4, 0.5) is 0 Å². The normalized spacial score (nSPS) is 45.6. The fraction of sp³-hybridized carbons (Fsp3) is 0.828. The van der Waals surface area contributed by atoms with Crippen molar-refractivity contribution < 1.29 is 20.1 Å². The lowest BCUT2D eigenvalue weighted by Gasteiger charge is -2.60. The lowest BCUT2D eigenvalue weighted by Crippen LogP contribution is -2.56. The number of aliphatic hydroxyl groups is 2. The Kier molecular flexibility index (Phi) is 6.68. The van der Waals surface area contributed by atoms with Gasteiger partial charge in [-0.05, 0) is 97.7 Å². The summed E-state index contributed by atoms with van der Waals surface area (Å²) < 4.78 is 0. The van der Waals surface area contributed by atoms with Crippen LogP contribution in [0.15, 0.2) is 23.8 Å². The second kappa shape index (κ2) is 8.82. The van der Waals surface area contributed by atoms with Gasteiger partial charge in [0, 0.05) is 0 Å². The van der Waals surface area contributed by atoms with Crippen LogP contribution in [0.5, 0.6) is 0 Å². The number of carbonyl (C=O) groups is 1. The summed E-state index contributed by atoms with van der Waals surface area (Å²) in [6.07, 6.45) is 8.56. The van der Waals surface area contributed by atoms with E-state index in [0.717, 1.165) is 44.1 Å². The Labute approximate surface area is 200 Å². The lowest BCUT2D eigenvalue weighted by molar-refractivity contribution is -0.148. The van der Waals surface area contributed by atoms with Gasteiger partial charge in [0.25, 0.3) is 0 Å². The Balaban J connectivity index is 1.59. The van der Waals surface area contributed by atoms with Gasteiger partial charge in [-0.3, -0.25) is 4.79 Å². The minimum atomic E-state index is -0.643. The quantitative estimate of drug-likeness (QED) is 0.437. The number of hydrogen-bond donors (Lipinski definition) is 3. The first-order valence-electron chi connectivity index (χ1n) is 13.4. The van der Waals surface area contributed by atoms with Gasteiger partial charge in [-0.25, -0.2) is 0 Å². The van der Waals surface area contributed by atoms with Crippen molar-refractivity contribution in [2.24, 2.45) is 52.3 Å². The molecule has 0 aromatic heterocycles. The maximum atomic E-state index is 12.4. The summed E-state index contributed by atoms with van der Waals surface area (Å²) in [4.78, 5) is 12.4. The van der Waals surface area contributed by atoms with Crippen molar-refractivity contribution in [3.8, 4) is 0 Å². The van der Waals surface area contributed by atoms with Crippen LogP contribution in [-0.2, 0) is 4.79 Å². The molecular formula is C29H46O4. The summed E-state index contributed by atoms with van der Waals surface area (Å²) >= 11 is 0. The molecule has 3 N–H and O–H groups in total. The van der Waals surface area contributed by atoms with Gasteiger partial charge in [-0.2, -0.15) is 0 Å². The number of aliphatic carboxylic acids is 1. The molecule has 0 bridgehead atoms. The van der Waals surface area contributed by atoms with Crippen LogP contribution in [0.3, 0.4) is 0 Å². The Morgan fingerprint density at radius 3 is 2.45 bits per heavy atom. The number of carboxylic acid groups (broad SMARTS) is 1. The van der Waals surface area contributed by atoms with Crippen LogP contribution >= 0.6 is 0 Å². The van der Waals surface area contributed by atoms with Crippen LogP contribution < -0.4 is 0 Å². The minimum Gasteiger partial charge on any atom is -0.481 e. The van der Waals surface area contributed by atoms with Crippen molar-refractivity contribution in [1.29, 1.82) is 0 Å². The molecule has 0 radical (unpaired) electrons. The number of hydrogen-bond acceptors (Lipinski definition) is 3. The number of rotatable bonds is 6. The van der Waals surface area contributed by atoms with Crippen molar-refractivity contribution in [3.63, 3.8) is 0 Å². The molecule has 4 aliphatic rings. The third-order valence-corrected chi connectivity index (χ3v) is 11.0. The summed E-state index contributed by atoms with van der Waals surface area (Å²) in [5, 5.41) is 31.4. The first-order valence-corrected chi connectivity index (χ1v) is 13.4. The molecule has 3 fully saturated rings. The molecule has 0 amide bonds. The summed E-state index contributed by atoms with van der Waals surface area (Å²) in [5.74, 6) is 1.08. The maximum Gasteiger partial charge on any atom is 0.306 e. The molecule has 4 heteroatoms. The third-order valence-electron chi connectivity index (χ3n) is 11.0. The highest BCUT2D eigenvalue weighted by Gasteiger charge is 2.61. The molecular weight excluding hydrogens is 412 g/mol. The average Bonchev–Trinajstić information content (AvgIpc) is 3.09. The molecule has 0 spiro atoms. The maximum absolute atomic E-state index is 12.4. The third kappa shape index (κ3) is 3.93. The molecule has 10 unspecified atom stereocenters. The second-order valence-electron chi connectivity index (χ2n) is 12.8. The van der Waals surface area contributed by atoms with Crippen molar-refractivity contribution in [1.82, 2.24) is 0 Å². The fourth-order valence-corrected chi connectivity index (χ4v) is 8.88. The van der Waals surface area contributed by atoms with Gasteiger partial charge in [0.2, 0.25) is 0 Å². The molecule has 10 atom stereocenters. The second-order valence-corrected chi connectivity index (χ2v) is 12.8. The topological polar surface area (TPSA) is 77.8 Å². The van der Waals surface area contributed by atoms with Gasteiger partial charge >= 0.3 is 5.97 Å². The molecule has 4 aliphatic carbocycles. The summed E-state index contributed by atoms with van der Waals surface area (Å²) in [6, 6.07) is 0. The zero-order valence-electron chi connectivity index (χ0n) is 21.4. The van der Waals surface area contributed by atoms with E-state index in [2.05, 4.69) is 47.3 Å². The Morgan fingerprint density at radius 1 is 1.15 bits per heavy atom. The highest BCUT2D eigenvalue weighted by Crippen LogP contribution is 2.67. The van der Waals surface area contributed by atoms with Crippen molar-refractivity contribution in [2.45, 2.75) is 98.2 Å². The largest absolute Gasteiger partial charge is 0.481 e. The number of aliphatic hydroxyl groups excluding tert-OH is 2. The zero-order chi connectivity index (χ0) is 24.3. The standard InChI is InChI=1S/C29H46O4/c1-16(2)17(3)7-8-20(27(32)33)23-12-11-22-19-9-10-21-18(4)26(31)25(30)15-29(21,6)24(19)13-14-28(22,23)5/h9,16,18,20-26,30-31H,3,7-8,10-15H2,1-2,4-6H3,(H,32,33). The van der Waals surface area contributed by atoms with Crippen molar-refractivity contribution >= 4 is 5.97 Å². The van der Waals surface area contributed by atoms with E-state index in [1.54, 1.807) is 5.57 Å². The van der Waals surface area contributed by atoms with Crippen LogP contribution in [0.2, 0.25) is 0 Å². The van der Waals surface area contributed by atoms with Crippen LogP contribution in [0.1, 0.15) is 86.0 Å². The molecule has 4 nitrogen and oxygen atoms in total. The first-order chi connectivity index (χ1) is 15.4. The molecule has 3 saturated carbocycles. The summed E-state index contributed by atoms with van der Waals surface area (Å²) in [6.45, 7) is 15.3. The van der Waals surface area contributed by atoms with Crippen LogP contribution in [0, 0.1) is 52.3 Å². The molecule has 4 rings (SSSR count). The average molecular weight is 459 g/mol. The van der Waals surface area contributed by atoms with Crippen LogP contribution in [-0.4, -0.2) is 33.5 Å². The van der Waals surface area contributed by atoms with Crippen LogP contribution in [0.25, 0.3) is 0 Å². The molecule has 186 valence electrons. The molecule has 0 aromatic rings. The predicted molar refractivity (Wildman–Crippen MR) is 131 cm³/mol. The molecule has 0 heterocycles. The van der Waals surface area contributed by atoms with Gasteiger partial charge in [0.05, 0.1) is 18.1 Å². The predicted octanol–water partition coefficient (Wildman–Crippen LogP) is 5.84. The van der Waals surface area contributed by atoms with Gasteiger partial charge in [0.1, 0.15) is 0 Å². The van der Waals surface area contributed by atoms with E-state index < -0.39 is 18.2 Å². The Hall–Kier alpha value is -1.13. The van der Waals surface area contributed by atoms with E-state index in [4.69, 9.17) is 0 Å². The minimum absolute atomic E-state index is 0.0166. The molecule has 0 aliphatic heterocycles. The number of allylic oxidation sites excluding steroid dienone is 3. The van der Waals surface area contributed by atoms with Gasteiger partial charge < -0.3 is 15.3 Å². The molecule has 0 saturated heterocycles. The zero-order valence-corrected chi connectivity index (χ0v) is 21.4. The van der Waals surface area contributed by atoms with E-state index in [9.17, 15) is 20.1 Å². The summed E-state index contributed by atoms with van der Waals surface area (Å²) in [5.41, 5.74) is 2.76. The van der Waals surface area contributed by atoms with E-state index in [1.807, 2.05) is 0 Å². The SMILES string of the molecule is C=C(CCC(C(=O)O)C1CCC2C3=CCC4C(C)C(O)C(O)CC4(C)C3CCC21C)C(C)C. The Bertz CT molecular complexity index is 814. The van der Waals surface area contributed by atoms with Crippen molar-refractivity contribution in [2.75, 3.05) is 0 Å². The smallest absolute Gasteiger partial charge is 0.306 e. The van der Waals surface area contributed by atoms with E-state index in [-0.39, 0.29) is 28.6 Å². The van der Waals surface area contributed by atoms with E-state index in [1.165, 1.54) is 0 Å². The van der Waals surface area contributed by atoms with E-state index in [0.29, 0.717) is 36.5 Å². The van der Waals surface area contributed by atoms with Gasteiger partial charge in [-0.15, -0.1) is 0 Å². The first kappa shape index (κ1) is 25.0. The monoisotopic (exact) mass is 458 g/mol. The van der Waals surface area contributed by atoms with Gasteiger partial charge in [-0.1, -0.05) is 58.4 Å². The van der Waals surface area contributed by atoms with Gasteiger partial charge in [0.15, 0.2) is 0 Å². The highest BCUT2D eigenvalue weighted by atomic mass is 16.4.